The fourth-order valence-electron chi connectivity index (χ4n) is 1.67. The minimum absolute atomic E-state index is 0.129. The van der Waals surface area contributed by atoms with Gasteiger partial charge >= 0.3 is 6.18 Å². The summed E-state index contributed by atoms with van der Waals surface area (Å²) < 4.78 is 38.2. The molecule has 0 rings (SSSR count). The molecular weight excluding hydrogens is 317 g/mol. The molecule has 0 N–H and O–H groups in total. The smallest absolute Gasteiger partial charge is 0.166 e. The van der Waals surface area contributed by atoms with E-state index in [4.69, 9.17) is 0 Å². The lowest BCUT2D eigenvalue weighted by molar-refractivity contribution is -0.0884. The lowest BCUT2D eigenvalue weighted by Crippen LogP contribution is -2.11. The summed E-state index contributed by atoms with van der Waals surface area (Å²) in [7, 11) is 0. The first-order chi connectivity index (χ1) is 8.73. The van der Waals surface area contributed by atoms with Crippen molar-refractivity contribution in [2.24, 2.45) is 5.92 Å². The van der Waals surface area contributed by atoms with Gasteiger partial charge in [-0.15, -0.1) is 0 Å². The fraction of sp³-hybridized carbons (Fsp3) is 0.600. The third-order valence-corrected chi connectivity index (χ3v) is 3.55. The van der Waals surface area contributed by atoms with Crippen LogP contribution in [0.2, 0.25) is 0 Å². The summed E-state index contributed by atoms with van der Waals surface area (Å²) in [5, 5.41) is 0. The molecule has 4 heteroatoms. The Balaban J connectivity index is 5.24. The molecule has 0 bridgehead atoms. The Bertz CT molecular complexity index is 351. The SMILES string of the molecule is C=C(Br)/C(=C\C=C(\CCCC)C(C)CC)C(F)(F)F. The summed E-state index contributed by atoms with van der Waals surface area (Å²) in [5.41, 5.74) is 0.352. The molecule has 0 aliphatic carbocycles. The second kappa shape index (κ2) is 8.62. The second-order valence-electron chi connectivity index (χ2n) is 4.64. The third kappa shape index (κ3) is 7.00. The normalized spacial score (nSPS) is 15.5. The van der Waals surface area contributed by atoms with Crippen LogP contribution in [0.25, 0.3) is 0 Å². The summed E-state index contributed by atoms with van der Waals surface area (Å²) in [6.45, 7) is 9.49. The maximum Gasteiger partial charge on any atom is 0.417 e. The van der Waals surface area contributed by atoms with Gasteiger partial charge < -0.3 is 0 Å². The molecule has 0 saturated heterocycles. The molecule has 0 spiro atoms. The molecule has 0 heterocycles. The highest BCUT2D eigenvalue weighted by atomic mass is 79.9. The molecule has 0 radical (unpaired) electrons. The predicted octanol–water partition coefficient (Wildman–Crippen LogP) is 6.55. The summed E-state index contributed by atoms with van der Waals surface area (Å²) in [6, 6.07) is 0. The van der Waals surface area contributed by atoms with Crippen LogP contribution in [0.15, 0.2) is 34.4 Å². The predicted molar refractivity (Wildman–Crippen MR) is 79.3 cm³/mol. The molecule has 0 saturated carbocycles. The van der Waals surface area contributed by atoms with E-state index in [1.807, 2.05) is 13.8 Å². The molecule has 0 nitrogen and oxygen atoms in total. The van der Waals surface area contributed by atoms with E-state index >= 15 is 0 Å². The maximum absolute atomic E-state index is 12.8. The fourth-order valence-corrected chi connectivity index (χ4v) is 2.02. The largest absolute Gasteiger partial charge is 0.417 e. The average molecular weight is 339 g/mol. The van der Waals surface area contributed by atoms with E-state index in [1.54, 1.807) is 6.08 Å². The topological polar surface area (TPSA) is 0 Å². The van der Waals surface area contributed by atoms with Gasteiger partial charge in [0.25, 0.3) is 0 Å². The molecule has 1 atom stereocenters. The van der Waals surface area contributed by atoms with E-state index in [-0.39, 0.29) is 4.48 Å². The van der Waals surface area contributed by atoms with Crippen molar-refractivity contribution in [3.8, 4) is 0 Å². The lowest BCUT2D eigenvalue weighted by Gasteiger charge is -2.14. The number of halogens is 4. The van der Waals surface area contributed by atoms with E-state index in [9.17, 15) is 13.2 Å². The summed E-state index contributed by atoms with van der Waals surface area (Å²) in [6.07, 6.45) is 2.19. The molecule has 0 aromatic carbocycles. The molecule has 0 aliphatic rings. The average Bonchev–Trinajstić information content (AvgIpc) is 2.30. The van der Waals surface area contributed by atoms with Crippen LogP contribution in [0.5, 0.6) is 0 Å². The quantitative estimate of drug-likeness (QED) is 0.462. The van der Waals surface area contributed by atoms with Gasteiger partial charge in [0.15, 0.2) is 0 Å². The maximum atomic E-state index is 12.8. The Morgan fingerprint density at radius 3 is 2.21 bits per heavy atom. The lowest BCUT2D eigenvalue weighted by atomic mass is 9.93. The van der Waals surface area contributed by atoms with Crippen molar-refractivity contribution in [2.45, 2.75) is 52.6 Å². The summed E-state index contributed by atoms with van der Waals surface area (Å²) >= 11 is 2.82. The number of unbranched alkanes of at least 4 members (excludes halogenated alkanes) is 1. The van der Waals surface area contributed by atoms with Crippen molar-refractivity contribution in [3.05, 3.63) is 34.4 Å². The highest BCUT2D eigenvalue weighted by molar-refractivity contribution is 9.11. The zero-order valence-corrected chi connectivity index (χ0v) is 13.4. The first-order valence-electron chi connectivity index (χ1n) is 6.56. The van der Waals surface area contributed by atoms with E-state index in [2.05, 4.69) is 29.4 Å². The summed E-state index contributed by atoms with van der Waals surface area (Å²) in [4.78, 5) is 0. The molecule has 0 aliphatic heterocycles. The van der Waals surface area contributed by atoms with Crippen LogP contribution in [0, 0.1) is 5.92 Å². The van der Waals surface area contributed by atoms with Gasteiger partial charge in [0, 0.05) is 4.48 Å². The van der Waals surface area contributed by atoms with E-state index < -0.39 is 11.7 Å². The van der Waals surface area contributed by atoms with Crippen LogP contribution in [-0.2, 0) is 0 Å². The van der Waals surface area contributed by atoms with Crippen molar-refractivity contribution in [3.63, 3.8) is 0 Å². The van der Waals surface area contributed by atoms with Crippen molar-refractivity contribution in [2.75, 3.05) is 0 Å². The van der Waals surface area contributed by atoms with Crippen LogP contribution in [0.4, 0.5) is 13.2 Å². The van der Waals surface area contributed by atoms with Crippen molar-refractivity contribution in [1.29, 1.82) is 0 Å². The van der Waals surface area contributed by atoms with E-state index in [0.29, 0.717) is 5.92 Å². The summed E-state index contributed by atoms with van der Waals surface area (Å²) in [5.74, 6) is 0.306. The highest BCUT2D eigenvalue weighted by Gasteiger charge is 2.34. The van der Waals surface area contributed by atoms with Gasteiger partial charge in [-0.05, 0) is 31.3 Å². The van der Waals surface area contributed by atoms with Gasteiger partial charge in [-0.1, -0.05) is 61.4 Å². The first kappa shape index (κ1) is 18.5. The van der Waals surface area contributed by atoms with Crippen LogP contribution in [0.3, 0.4) is 0 Å². The third-order valence-electron chi connectivity index (χ3n) is 3.13. The van der Waals surface area contributed by atoms with E-state index in [0.717, 1.165) is 37.3 Å². The van der Waals surface area contributed by atoms with Gasteiger partial charge in [0.1, 0.15) is 0 Å². The van der Waals surface area contributed by atoms with Gasteiger partial charge in [-0.25, -0.2) is 0 Å². The molecule has 0 aromatic rings. The van der Waals surface area contributed by atoms with Gasteiger partial charge in [-0.2, -0.15) is 13.2 Å². The Kier molecular flexibility index (Phi) is 8.39. The van der Waals surface area contributed by atoms with Gasteiger partial charge in [0.2, 0.25) is 0 Å². The van der Waals surface area contributed by atoms with Crippen molar-refractivity contribution < 1.29 is 13.2 Å². The molecule has 1 unspecified atom stereocenters. The van der Waals surface area contributed by atoms with Crippen molar-refractivity contribution in [1.82, 2.24) is 0 Å². The Hall–Kier alpha value is -0.510. The zero-order chi connectivity index (χ0) is 15.1. The molecular formula is C15H22BrF3. The molecule has 110 valence electrons. The zero-order valence-electron chi connectivity index (χ0n) is 11.8. The minimum Gasteiger partial charge on any atom is -0.166 e. The Morgan fingerprint density at radius 2 is 1.84 bits per heavy atom. The molecule has 0 amide bonds. The van der Waals surface area contributed by atoms with Crippen LogP contribution >= 0.6 is 15.9 Å². The highest BCUT2D eigenvalue weighted by Crippen LogP contribution is 2.33. The van der Waals surface area contributed by atoms with Crippen LogP contribution in [0.1, 0.15) is 46.5 Å². The number of alkyl halides is 3. The van der Waals surface area contributed by atoms with Crippen molar-refractivity contribution >= 4 is 15.9 Å². The molecule has 0 aromatic heterocycles. The molecule has 19 heavy (non-hydrogen) atoms. The standard InChI is InChI=1S/C15H22BrF3/c1-5-7-8-13(11(3)6-2)9-10-14(12(4)16)15(17,18)19/h9-11H,4-8H2,1-3H3/b13-9-,14-10+. The first-order valence-corrected chi connectivity index (χ1v) is 7.36. The Morgan fingerprint density at radius 1 is 1.26 bits per heavy atom. The van der Waals surface area contributed by atoms with Gasteiger partial charge in [0.05, 0.1) is 5.57 Å². The Labute approximate surface area is 122 Å². The number of allylic oxidation sites excluding steroid dienone is 5. The van der Waals surface area contributed by atoms with Gasteiger partial charge in [-0.3, -0.25) is 0 Å². The number of hydrogen-bond acceptors (Lipinski definition) is 0. The van der Waals surface area contributed by atoms with Crippen LogP contribution in [-0.4, -0.2) is 6.18 Å². The number of rotatable bonds is 7. The molecule has 0 fully saturated rings. The van der Waals surface area contributed by atoms with Crippen LogP contribution < -0.4 is 0 Å². The minimum atomic E-state index is -4.37. The van der Waals surface area contributed by atoms with E-state index in [1.165, 1.54) is 0 Å². The second-order valence-corrected chi connectivity index (χ2v) is 5.59. The number of hydrogen-bond donors (Lipinski definition) is 0. The monoisotopic (exact) mass is 338 g/mol.